The number of nitrogens with one attached hydrogen (secondary N) is 1. The van der Waals surface area contributed by atoms with Crippen molar-refractivity contribution in [3.8, 4) is 0 Å². The van der Waals surface area contributed by atoms with E-state index in [-0.39, 0.29) is 5.92 Å². The lowest BCUT2D eigenvalue weighted by atomic mass is 9.96. The first kappa shape index (κ1) is 13.4. The van der Waals surface area contributed by atoms with Crippen LogP contribution in [0, 0.1) is 5.92 Å². The molecule has 0 aromatic carbocycles. The molecule has 3 rings (SSSR count). The number of carbonyl (C=O) groups excluding carboxylic acids is 1. The number of carbonyl (C=O) groups is 1. The van der Waals surface area contributed by atoms with Crippen molar-refractivity contribution in [2.24, 2.45) is 5.92 Å². The van der Waals surface area contributed by atoms with Crippen LogP contribution in [0.2, 0.25) is 0 Å². The molecule has 108 valence electrons. The molecule has 0 radical (unpaired) electrons. The Morgan fingerprint density at radius 2 is 1.75 bits per heavy atom. The average Bonchev–Trinajstić information content (AvgIpc) is 2.56. The van der Waals surface area contributed by atoms with Crippen LogP contribution in [0.4, 0.5) is 5.69 Å². The summed E-state index contributed by atoms with van der Waals surface area (Å²) in [6.45, 7) is 5.47. The number of aromatic nitrogens is 1. The SMILES string of the molecule is O=C(C1CCNCC1)N1CCN(c2ccncc2)CC1. The molecule has 2 aliphatic rings. The minimum Gasteiger partial charge on any atom is -0.368 e. The maximum Gasteiger partial charge on any atom is 0.225 e. The molecule has 1 aromatic rings. The van der Waals surface area contributed by atoms with Gasteiger partial charge in [-0.2, -0.15) is 0 Å². The number of hydrogen-bond donors (Lipinski definition) is 1. The summed E-state index contributed by atoms with van der Waals surface area (Å²) in [6, 6.07) is 4.06. The zero-order valence-electron chi connectivity index (χ0n) is 11.8. The third kappa shape index (κ3) is 2.93. The quantitative estimate of drug-likeness (QED) is 0.864. The Hall–Kier alpha value is -1.62. The Morgan fingerprint density at radius 1 is 1.10 bits per heavy atom. The maximum absolute atomic E-state index is 12.5. The first-order valence-electron chi connectivity index (χ1n) is 7.49. The van der Waals surface area contributed by atoms with Crippen molar-refractivity contribution in [1.29, 1.82) is 0 Å². The minimum atomic E-state index is 0.240. The van der Waals surface area contributed by atoms with Gasteiger partial charge < -0.3 is 15.1 Å². The summed E-state index contributed by atoms with van der Waals surface area (Å²) >= 11 is 0. The number of hydrogen-bond acceptors (Lipinski definition) is 4. The highest BCUT2D eigenvalue weighted by atomic mass is 16.2. The Labute approximate surface area is 120 Å². The van der Waals surface area contributed by atoms with Gasteiger partial charge in [-0.1, -0.05) is 0 Å². The van der Waals surface area contributed by atoms with Crippen LogP contribution < -0.4 is 10.2 Å². The average molecular weight is 274 g/mol. The minimum absolute atomic E-state index is 0.240. The topological polar surface area (TPSA) is 48.5 Å². The van der Waals surface area contributed by atoms with E-state index < -0.39 is 0 Å². The normalized spacial score (nSPS) is 21.0. The van der Waals surface area contributed by atoms with Crippen molar-refractivity contribution in [3.63, 3.8) is 0 Å². The molecular formula is C15H22N4O. The van der Waals surface area contributed by atoms with Gasteiger partial charge in [0.05, 0.1) is 0 Å². The Balaban J connectivity index is 1.54. The Kier molecular flexibility index (Phi) is 4.16. The number of piperidine rings is 1. The molecule has 0 saturated carbocycles. The second kappa shape index (κ2) is 6.22. The van der Waals surface area contributed by atoms with Crippen LogP contribution in [-0.4, -0.2) is 55.1 Å². The van der Waals surface area contributed by atoms with Gasteiger partial charge in [-0.3, -0.25) is 9.78 Å². The number of pyridine rings is 1. The van der Waals surface area contributed by atoms with Crippen LogP contribution in [0.15, 0.2) is 24.5 Å². The number of anilines is 1. The van der Waals surface area contributed by atoms with Gasteiger partial charge in [0.1, 0.15) is 0 Å². The van der Waals surface area contributed by atoms with E-state index >= 15 is 0 Å². The predicted octanol–water partition coefficient (Wildman–Crippen LogP) is 0.730. The van der Waals surface area contributed by atoms with Gasteiger partial charge in [-0.15, -0.1) is 0 Å². The number of rotatable bonds is 2. The van der Waals surface area contributed by atoms with Crippen molar-refractivity contribution in [1.82, 2.24) is 15.2 Å². The second-order valence-corrected chi connectivity index (χ2v) is 5.54. The first-order valence-corrected chi connectivity index (χ1v) is 7.49. The zero-order valence-corrected chi connectivity index (χ0v) is 11.8. The second-order valence-electron chi connectivity index (χ2n) is 5.54. The summed E-state index contributed by atoms with van der Waals surface area (Å²) in [5.41, 5.74) is 1.20. The van der Waals surface area contributed by atoms with E-state index in [4.69, 9.17) is 0 Å². The van der Waals surface area contributed by atoms with Crippen molar-refractivity contribution in [3.05, 3.63) is 24.5 Å². The molecule has 1 aromatic heterocycles. The van der Waals surface area contributed by atoms with Crippen molar-refractivity contribution in [2.75, 3.05) is 44.2 Å². The van der Waals surface area contributed by atoms with E-state index in [1.807, 2.05) is 29.4 Å². The van der Waals surface area contributed by atoms with E-state index in [1.54, 1.807) is 0 Å². The predicted molar refractivity (Wildman–Crippen MR) is 78.6 cm³/mol. The Morgan fingerprint density at radius 3 is 2.40 bits per heavy atom. The van der Waals surface area contributed by atoms with E-state index in [1.165, 1.54) is 5.69 Å². The smallest absolute Gasteiger partial charge is 0.225 e. The van der Waals surface area contributed by atoms with Crippen molar-refractivity contribution >= 4 is 11.6 Å². The molecule has 2 fully saturated rings. The molecule has 5 heteroatoms. The van der Waals surface area contributed by atoms with Gasteiger partial charge >= 0.3 is 0 Å². The molecule has 0 aliphatic carbocycles. The van der Waals surface area contributed by atoms with Crippen molar-refractivity contribution in [2.45, 2.75) is 12.8 Å². The van der Waals surface area contributed by atoms with E-state index in [0.29, 0.717) is 5.91 Å². The molecule has 0 unspecified atom stereocenters. The van der Waals surface area contributed by atoms with Crippen LogP contribution in [0.3, 0.4) is 0 Å². The molecular weight excluding hydrogens is 252 g/mol. The van der Waals surface area contributed by atoms with Crippen LogP contribution in [0.25, 0.3) is 0 Å². The number of nitrogens with zero attached hydrogens (tertiary/aromatic N) is 3. The molecule has 0 atom stereocenters. The van der Waals surface area contributed by atoms with Crippen LogP contribution >= 0.6 is 0 Å². The van der Waals surface area contributed by atoms with Gasteiger partial charge in [0, 0.05) is 50.2 Å². The molecule has 0 spiro atoms. The number of piperazine rings is 1. The summed E-state index contributed by atoms with van der Waals surface area (Å²) in [5, 5.41) is 3.32. The molecule has 20 heavy (non-hydrogen) atoms. The van der Waals surface area contributed by atoms with E-state index in [9.17, 15) is 4.79 Å². The van der Waals surface area contributed by atoms with Gasteiger partial charge in [0.15, 0.2) is 0 Å². The highest BCUT2D eigenvalue weighted by molar-refractivity contribution is 5.79. The summed E-state index contributed by atoms with van der Waals surface area (Å²) in [5.74, 6) is 0.601. The summed E-state index contributed by atoms with van der Waals surface area (Å²) in [7, 11) is 0. The van der Waals surface area contributed by atoms with Gasteiger partial charge in [-0.05, 0) is 38.1 Å². The lowest BCUT2D eigenvalue weighted by Crippen LogP contribution is -2.51. The summed E-state index contributed by atoms with van der Waals surface area (Å²) in [6.07, 6.45) is 5.62. The third-order valence-electron chi connectivity index (χ3n) is 4.31. The monoisotopic (exact) mass is 274 g/mol. The van der Waals surface area contributed by atoms with Crippen LogP contribution in [0.1, 0.15) is 12.8 Å². The molecule has 2 saturated heterocycles. The van der Waals surface area contributed by atoms with Gasteiger partial charge in [-0.25, -0.2) is 0 Å². The van der Waals surface area contributed by atoms with E-state index in [2.05, 4.69) is 15.2 Å². The molecule has 3 heterocycles. The number of amides is 1. The first-order chi connectivity index (χ1) is 9.84. The van der Waals surface area contributed by atoms with E-state index in [0.717, 1.165) is 52.1 Å². The van der Waals surface area contributed by atoms with Gasteiger partial charge in [0.2, 0.25) is 5.91 Å². The fraction of sp³-hybridized carbons (Fsp3) is 0.600. The molecule has 1 N–H and O–H groups in total. The molecule has 5 nitrogen and oxygen atoms in total. The lowest BCUT2D eigenvalue weighted by molar-refractivity contribution is -0.136. The highest BCUT2D eigenvalue weighted by Gasteiger charge is 2.28. The molecule has 2 aliphatic heterocycles. The maximum atomic E-state index is 12.5. The Bertz CT molecular complexity index is 436. The van der Waals surface area contributed by atoms with Gasteiger partial charge in [0.25, 0.3) is 0 Å². The zero-order chi connectivity index (χ0) is 13.8. The highest BCUT2D eigenvalue weighted by Crippen LogP contribution is 2.19. The molecule has 0 bridgehead atoms. The van der Waals surface area contributed by atoms with Crippen molar-refractivity contribution < 1.29 is 4.79 Å². The lowest BCUT2D eigenvalue weighted by Gasteiger charge is -2.38. The largest absolute Gasteiger partial charge is 0.368 e. The van der Waals surface area contributed by atoms with Crippen LogP contribution in [0.5, 0.6) is 0 Å². The summed E-state index contributed by atoms with van der Waals surface area (Å²) < 4.78 is 0. The standard InChI is InChI=1S/C15H22N4O/c20-15(13-1-5-16-6-2-13)19-11-9-18(10-12-19)14-3-7-17-8-4-14/h3-4,7-8,13,16H,1-2,5-6,9-12H2. The third-order valence-corrected chi connectivity index (χ3v) is 4.31. The fourth-order valence-electron chi connectivity index (χ4n) is 3.07. The summed E-state index contributed by atoms with van der Waals surface area (Å²) in [4.78, 5) is 20.9. The fourth-order valence-corrected chi connectivity index (χ4v) is 3.07. The van der Waals surface area contributed by atoms with Crippen LogP contribution in [-0.2, 0) is 4.79 Å². The molecule has 1 amide bonds.